The van der Waals surface area contributed by atoms with Gasteiger partial charge in [-0.1, -0.05) is 19.8 Å². The lowest BCUT2D eigenvalue weighted by molar-refractivity contribution is -0.140. The number of carbonyl (C=O) groups excluding carboxylic acids is 2. The zero-order valence-electron chi connectivity index (χ0n) is 11.1. The van der Waals surface area contributed by atoms with Crippen LogP contribution in [0, 0.1) is 0 Å². The standard InChI is InChI=1S/C13H23N3O2/c1-2-3-4-11(14)13(18)15-7-8-16-10(9-15)5-6-12(16)17/h10-11H,2-9,14H2,1H3. The molecule has 2 unspecified atom stereocenters. The van der Waals surface area contributed by atoms with Crippen molar-refractivity contribution in [3.63, 3.8) is 0 Å². The van der Waals surface area contributed by atoms with E-state index in [4.69, 9.17) is 5.73 Å². The lowest BCUT2D eigenvalue weighted by atomic mass is 10.1. The molecule has 2 N–H and O–H groups in total. The highest BCUT2D eigenvalue weighted by Crippen LogP contribution is 2.23. The van der Waals surface area contributed by atoms with Gasteiger partial charge in [-0.2, -0.15) is 0 Å². The van der Waals surface area contributed by atoms with Gasteiger partial charge in [0, 0.05) is 32.1 Å². The summed E-state index contributed by atoms with van der Waals surface area (Å²) < 4.78 is 0. The van der Waals surface area contributed by atoms with E-state index in [1.165, 1.54) is 0 Å². The van der Waals surface area contributed by atoms with Crippen molar-refractivity contribution < 1.29 is 9.59 Å². The fourth-order valence-electron chi connectivity index (χ4n) is 2.85. The summed E-state index contributed by atoms with van der Waals surface area (Å²) in [4.78, 5) is 27.5. The lowest BCUT2D eigenvalue weighted by Gasteiger charge is -2.38. The largest absolute Gasteiger partial charge is 0.338 e. The molecule has 0 aromatic heterocycles. The number of carbonyl (C=O) groups is 2. The van der Waals surface area contributed by atoms with Crippen molar-refractivity contribution >= 4 is 11.8 Å². The molecule has 2 aliphatic rings. The van der Waals surface area contributed by atoms with E-state index < -0.39 is 0 Å². The molecule has 102 valence electrons. The monoisotopic (exact) mass is 253 g/mol. The minimum Gasteiger partial charge on any atom is -0.338 e. The maximum Gasteiger partial charge on any atom is 0.239 e. The van der Waals surface area contributed by atoms with Crippen molar-refractivity contribution in [3.8, 4) is 0 Å². The number of hydrogen-bond donors (Lipinski definition) is 1. The number of unbranched alkanes of at least 4 members (excludes halogenated alkanes) is 1. The molecule has 2 heterocycles. The molecule has 2 saturated heterocycles. The zero-order chi connectivity index (χ0) is 13.1. The molecule has 0 saturated carbocycles. The summed E-state index contributed by atoms with van der Waals surface area (Å²) >= 11 is 0. The first kappa shape index (κ1) is 13.3. The number of nitrogens with two attached hydrogens (primary N) is 1. The van der Waals surface area contributed by atoms with E-state index >= 15 is 0 Å². The minimum atomic E-state index is -0.367. The number of nitrogens with zero attached hydrogens (tertiary/aromatic N) is 2. The quantitative estimate of drug-likeness (QED) is 0.785. The third-order valence-corrected chi connectivity index (χ3v) is 3.99. The molecule has 18 heavy (non-hydrogen) atoms. The van der Waals surface area contributed by atoms with Crippen LogP contribution in [0.1, 0.15) is 39.0 Å². The van der Waals surface area contributed by atoms with Crippen LogP contribution in [0.15, 0.2) is 0 Å². The number of amides is 2. The van der Waals surface area contributed by atoms with Gasteiger partial charge in [0.25, 0.3) is 0 Å². The lowest BCUT2D eigenvalue weighted by Crippen LogP contribution is -2.56. The van der Waals surface area contributed by atoms with Crippen molar-refractivity contribution in [1.82, 2.24) is 9.80 Å². The van der Waals surface area contributed by atoms with Crippen molar-refractivity contribution in [2.24, 2.45) is 5.73 Å². The molecular formula is C13H23N3O2. The van der Waals surface area contributed by atoms with Crippen LogP contribution in [0.3, 0.4) is 0 Å². The Morgan fingerprint density at radius 2 is 2.28 bits per heavy atom. The molecule has 0 spiro atoms. The Labute approximate surface area is 108 Å². The summed E-state index contributed by atoms with van der Waals surface area (Å²) in [6.45, 7) is 4.08. The van der Waals surface area contributed by atoms with Crippen molar-refractivity contribution in [2.75, 3.05) is 19.6 Å². The maximum absolute atomic E-state index is 12.2. The second kappa shape index (κ2) is 5.69. The van der Waals surface area contributed by atoms with Gasteiger partial charge < -0.3 is 15.5 Å². The fourth-order valence-corrected chi connectivity index (χ4v) is 2.85. The molecule has 0 radical (unpaired) electrons. The Morgan fingerprint density at radius 1 is 1.50 bits per heavy atom. The van der Waals surface area contributed by atoms with Crippen LogP contribution in [0.2, 0.25) is 0 Å². The zero-order valence-corrected chi connectivity index (χ0v) is 11.1. The van der Waals surface area contributed by atoms with Gasteiger partial charge in [-0.15, -0.1) is 0 Å². The average molecular weight is 253 g/mol. The van der Waals surface area contributed by atoms with Gasteiger partial charge in [0.15, 0.2) is 0 Å². The number of piperazine rings is 1. The van der Waals surface area contributed by atoms with E-state index in [1.54, 1.807) is 0 Å². The third kappa shape index (κ3) is 2.66. The van der Waals surface area contributed by atoms with E-state index in [0.29, 0.717) is 26.1 Å². The fraction of sp³-hybridized carbons (Fsp3) is 0.846. The summed E-state index contributed by atoms with van der Waals surface area (Å²) in [5, 5.41) is 0. The highest BCUT2D eigenvalue weighted by atomic mass is 16.2. The smallest absolute Gasteiger partial charge is 0.239 e. The molecule has 2 aliphatic heterocycles. The van der Waals surface area contributed by atoms with E-state index in [0.717, 1.165) is 25.7 Å². The molecule has 0 aliphatic carbocycles. The van der Waals surface area contributed by atoms with Crippen LogP contribution in [-0.4, -0.2) is 53.3 Å². The normalized spacial score (nSPS) is 25.2. The average Bonchev–Trinajstić information content (AvgIpc) is 2.76. The first-order chi connectivity index (χ1) is 8.63. The Morgan fingerprint density at radius 3 is 3.00 bits per heavy atom. The topological polar surface area (TPSA) is 66.6 Å². The van der Waals surface area contributed by atoms with E-state index in [1.807, 2.05) is 9.80 Å². The highest BCUT2D eigenvalue weighted by molar-refractivity contribution is 5.83. The predicted molar refractivity (Wildman–Crippen MR) is 68.8 cm³/mol. The van der Waals surface area contributed by atoms with Crippen LogP contribution in [0.25, 0.3) is 0 Å². The van der Waals surface area contributed by atoms with Gasteiger partial charge in [-0.05, 0) is 12.8 Å². The SMILES string of the molecule is CCCCC(N)C(=O)N1CCN2C(=O)CCC2C1. The van der Waals surface area contributed by atoms with Crippen LogP contribution < -0.4 is 5.73 Å². The predicted octanol–water partition coefficient (Wildman–Crippen LogP) is 0.337. The van der Waals surface area contributed by atoms with Crippen molar-refractivity contribution in [3.05, 3.63) is 0 Å². The molecule has 2 rings (SSSR count). The van der Waals surface area contributed by atoms with Crippen LogP contribution in [0.4, 0.5) is 0 Å². The highest BCUT2D eigenvalue weighted by Gasteiger charge is 2.37. The summed E-state index contributed by atoms with van der Waals surface area (Å²) in [7, 11) is 0. The van der Waals surface area contributed by atoms with E-state index in [2.05, 4.69) is 6.92 Å². The van der Waals surface area contributed by atoms with Crippen molar-refractivity contribution in [2.45, 2.75) is 51.1 Å². The van der Waals surface area contributed by atoms with Gasteiger partial charge >= 0.3 is 0 Å². The van der Waals surface area contributed by atoms with Crippen LogP contribution >= 0.6 is 0 Å². The first-order valence-electron chi connectivity index (χ1n) is 6.97. The summed E-state index contributed by atoms with van der Waals surface area (Å²) in [6, 6.07) is -0.137. The molecule has 0 aromatic carbocycles. The van der Waals surface area contributed by atoms with Gasteiger partial charge in [0.2, 0.25) is 11.8 Å². The van der Waals surface area contributed by atoms with Gasteiger partial charge in [-0.3, -0.25) is 9.59 Å². The number of rotatable bonds is 4. The first-order valence-corrected chi connectivity index (χ1v) is 6.97. The molecular weight excluding hydrogens is 230 g/mol. The molecule has 0 aromatic rings. The summed E-state index contributed by atoms with van der Waals surface area (Å²) in [5.41, 5.74) is 5.93. The van der Waals surface area contributed by atoms with Gasteiger partial charge in [-0.25, -0.2) is 0 Å². The molecule has 5 heteroatoms. The minimum absolute atomic E-state index is 0.0578. The third-order valence-electron chi connectivity index (χ3n) is 3.99. The van der Waals surface area contributed by atoms with E-state index in [-0.39, 0.29) is 23.9 Å². The Hall–Kier alpha value is -1.10. The van der Waals surface area contributed by atoms with Crippen molar-refractivity contribution in [1.29, 1.82) is 0 Å². The van der Waals surface area contributed by atoms with Gasteiger partial charge in [0.1, 0.15) is 0 Å². The molecule has 0 bridgehead atoms. The summed E-state index contributed by atoms with van der Waals surface area (Å²) in [6.07, 6.45) is 4.33. The second-order valence-corrected chi connectivity index (χ2v) is 5.31. The number of hydrogen-bond acceptors (Lipinski definition) is 3. The number of fused-ring (bicyclic) bond motifs is 1. The molecule has 5 nitrogen and oxygen atoms in total. The van der Waals surface area contributed by atoms with E-state index in [9.17, 15) is 9.59 Å². The summed E-state index contributed by atoms with van der Waals surface area (Å²) in [5.74, 6) is 0.296. The Kier molecular flexibility index (Phi) is 4.22. The Bertz CT molecular complexity index is 332. The van der Waals surface area contributed by atoms with Crippen LogP contribution in [0.5, 0.6) is 0 Å². The van der Waals surface area contributed by atoms with Crippen LogP contribution in [-0.2, 0) is 9.59 Å². The molecule has 2 amide bonds. The molecule has 2 fully saturated rings. The van der Waals surface area contributed by atoms with Gasteiger partial charge in [0.05, 0.1) is 6.04 Å². The maximum atomic E-state index is 12.2. The Balaban J connectivity index is 1.87. The molecule has 2 atom stereocenters. The second-order valence-electron chi connectivity index (χ2n) is 5.31.